The van der Waals surface area contributed by atoms with Crippen molar-refractivity contribution in [2.45, 2.75) is 118 Å². The highest BCUT2D eigenvalue weighted by molar-refractivity contribution is 5.83. The molecule has 1 aliphatic rings. The molecule has 0 aromatic heterocycles. The molecule has 0 saturated heterocycles. The quantitative estimate of drug-likeness (QED) is 0.543. The lowest BCUT2D eigenvalue weighted by atomic mass is 9.85. The number of rotatable bonds is 7. The molecule has 0 radical (unpaired) electrons. The molecule has 0 atom stereocenters. The first-order chi connectivity index (χ1) is 12.8. The Hall–Kier alpha value is -0.730. The van der Waals surface area contributed by atoms with Gasteiger partial charge in [0.15, 0.2) is 0 Å². The summed E-state index contributed by atoms with van der Waals surface area (Å²) < 4.78 is 15.8. The zero-order valence-corrected chi connectivity index (χ0v) is 21.4. The summed E-state index contributed by atoms with van der Waals surface area (Å²) in [6, 6.07) is 0. The smallest absolute Gasteiger partial charge is 0.279 e. The van der Waals surface area contributed by atoms with Crippen molar-refractivity contribution in [2.24, 2.45) is 16.5 Å². The van der Waals surface area contributed by atoms with E-state index in [4.69, 9.17) is 25.7 Å². The fraction of sp³-hybridized carbons (Fsp3) is 0.955. The minimum absolute atomic E-state index is 0.0388. The Morgan fingerprint density at radius 2 is 1.10 bits per heavy atom. The number of ether oxygens (including phenoxy) is 3. The molecule has 176 valence electrons. The van der Waals surface area contributed by atoms with Gasteiger partial charge in [-0.05, 0) is 83.1 Å². The van der Waals surface area contributed by atoms with Crippen LogP contribution in [0, 0.1) is 0 Å². The number of nitrogens with one attached hydrogen (secondary N) is 1. The highest BCUT2D eigenvalue weighted by Gasteiger charge is 2.41. The average molecular weight is 419 g/mol. The van der Waals surface area contributed by atoms with Crippen molar-refractivity contribution in [2.75, 3.05) is 19.8 Å². The summed E-state index contributed by atoms with van der Waals surface area (Å²) in [6.07, 6.45) is 0. The van der Waals surface area contributed by atoms with Crippen molar-refractivity contribution in [1.29, 1.82) is 0 Å². The van der Waals surface area contributed by atoms with Crippen LogP contribution in [0.1, 0.15) is 90.0 Å². The summed E-state index contributed by atoms with van der Waals surface area (Å²) in [5.74, 6) is 0.202. The largest absolute Gasteiger partial charge is 0.367 e. The molecule has 0 aromatic rings. The van der Waals surface area contributed by atoms with Crippen LogP contribution in [0.2, 0.25) is 0 Å². The Balaban J connectivity index is 0. The Labute approximate surface area is 180 Å². The van der Waals surface area contributed by atoms with Crippen molar-refractivity contribution >= 4 is 5.84 Å². The van der Waals surface area contributed by atoms with Gasteiger partial charge in [0.1, 0.15) is 0 Å². The second-order valence-corrected chi connectivity index (χ2v) is 9.61. The van der Waals surface area contributed by atoms with Crippen LogP contribution < -0.4 is 16.8 Å². The number of nitrogens with zero attached hydrogens (tertiary/aromatic N) is 1. The number of hydrogen-bond acceptors (Lipinski definition) is 7. The van der Waals surface area contributed by atoms with E-state index in [9.17, 15) is 0 Å². The van der Waals surface area contributed by atoms with Crippen LogP contribution in [-0.4, -0.2) is 53.8 Å². The van der Waals surface area contributed by atoms with Crippen molar-refractivity contribution in [3.63, 3.8) is 0 Å². The fourth-order valence-corrected chi connectivity index (χ4v) is 2.10. The van der Waals surface area contributed by atoms with Crippen LogP contribution in [0.5, 0.6) is 0 Å². The first-order valence-electron chi connectivity index (χ1n) is 10.6. The molecule has 1 aliphatic heterocycles. The average Bonchev–Trinajstić information content (AvgIpc) is 2.64. The van der Waals surface area contributed by atoms with Gasteiger partial charge in [-0.15, -0.1) is 0 Å². The van der Waals surface area contributed by atoms with Gasteiger partial charge in [-0.1, -0.05) is 0 Å². The third-order valence-electron chi connectivity index (χ3n) is 5.35. The summed E-state index contributed by atoms with van der Waals surface area (Å²) in [5, 5.41) is 3.33. The van der Waals surface area contributed by atoms with Gasteiger partial charge in [0.25, 0.3) is 5.97 Å². The van der Waals surface area contributed by atoms with Crippen molar-refractivity contribution in [3.05, 3.63) is 0 Å². The van der Waals surface area contributed by atoms with E-state index in [0.29, 0.717) is 19.8 Å². The van der Waals surface area contributed by atoms with Gasteiger partial charge in [-0.25, -0.2) is 0 Å². The molecular weight excluding hydrogens is 368 g/mol. The van der Waals surface area contributed by atoms with E-state index in [2.05, 4.69) is 38.0 Å². The zero-order valence-electron chi connectivity index (χ0n) is 21.4. The molecule has 0 saturated carbocycles. The third kappa shape index (κ3) is 11.3. The van der Waals surface area contributed by atoms with E-state index in [1.807, 2.05) is 55.4 Å². The molecule has 0 spiro atoms. The Morgan fingerprint density at radius 3 is 1.21 bits per heavy atom. The van der Waals surface area contributed by atoms with Crippen LogP contribution >= 0.6 is 0 Å². The summed E-state index contributed by atoms with van der Waals surface area (Å²) in [6.45, 7) is 27.7. The van der Waals surface area contributed by atoms with Gasteiger partial charge in [-0.2, -0.15) is 0 Å². The van der Waals surface area contributed by atoms with E-state index in [1.165, 1.54) is 0 Å². The lowest BCUT2D eigenvalue weighted by molar-refractivity contribution is -0.365. The van der Waals surface area contributed by atoms with Gasteiger partial charge < -0.3 is 31.0 Å². The second-order valence-electron chi connectivity index (χ2n) is 9.61. The van der Waals surface area contributed by atoms with E-state index >= 15 is 0 Å². The van der Waals surface area contributed by atoms with Crippen LogP contribution in [0.3, 0.4) is 0 Å². The predicted molar refractivity (Wildman–Crippen MR) is 124 cm³/mol. The molecule has 7 heteroatoms. The van der Waals surface area contributed by atoms with Gasteiger partial charge >= 0.3 is 0 Å². The van der Waals surface area contributed by atoms with E-state index in [0.717, 1.165) is 5.84 Å². The Kier molecular flexibility index (Phi) is 12.2. The Bertz CT molecular complexity index is 460. The Morgan fingerprint density at radius 1 is 0.793 bits per heavy atom. The lowest BCUT2D eigenvalue weighted by Crippen LogP contribution is -2.58. The highest BCUT2D eigenvalue weighted by Crippen LogP contribution is 2.29. The summed E-state index contributed by atoms with van der Waals surface area (Å²) in [5.41, 5.74) is 11.0. The maximum absolute atomic E-state index is 5.69. The molecule has 1 rings (SSSR count). The number of aliphatic imine (C=N–C) groups is 1. The topological polar surface area (TPSA) is 104 Å². The first kappa shape index (κ1) is 30.5. The molecule has 0 unspecified atom stereocenters. The summed E-state index contributed by atoms with van der Waals surface area (Å²) >= 11 is 0. The molecule has 29 heavy (non-hydrogen) atoms. The molecule has 0 amide bonds. The van der Waals surface area contributed by atoms with E-state index in [1.54, 1.807) is 6.92 Å². The van der Waals surface area contributed by atoms with Crippen molar-refractivity contribution in [3.8, 4) is 0 Å². The second kappa shape index (κ2) is 11.6. The maximum Gasteiger partial charge on any atom is 0.279 e. The lowest BCUT2D eigenvalue weighted by Gasteiger charge is -2.34. The maximum atomic E-state index is 5.69. The van der Waals surface area contributed by atoms with Crippen molar-refractivity contribution in [1.82, 2.24) is 5.32 Å². The number of amidine groups is 1. The third-order valence-corrected chi connectivity index (χ3v) is 5.35. The van der Waals surface area contributed by atoms with E-state index < -0.39 is 5.97 Å². The minimum atomic E-state index is -0.849. The number of nitrogens with two attached hydrogens (primary N) is 2. The van der Waals surface area contributed by atoms with E-state index in [-0.39, 0.29) is 22.2 Å². The summed E-state index contributed by atoms with van der Waals surface area (Å²) in [4.78, 5) is 4.48. The fourth-order valence-electron chi connectivity index (χ4n) is 2.10. The normalized spacial score (nSPS) is 18.0. The van der Waals surface area contributed by atoms with Crippen molar-refractivity contribution < 1.29 is 14.2 Å². The minimum Gasteiger partial charge on any atom is -0.367 e. The van der Waals surface area contributed by atoms with Gasteiger partial charge in [0.2, 0.25) is 0 Å². The molecule has 5 N–H and O–H groups in total. The SMILES string of the molecule is CC(C)(N)C(C)(C)N.CC1=NC(C)(C)C(C)(C)N1.CCOC(C)(OCC)OCC. The predicted octanol–water partition coefficient (Wildman–Crippen LogP) is 3.80. The standard InChI is InChI=1S/C8H16N2.C8H18O3.C6H16N2/c1-6-9-7(2,3)8(4,5)10-6;1-5-9-8(4,10-6-2)11-7-3;1-5(2,7)6(3,4)8/h1-5H3,(H,9,10);5-7H2,1-4H3;7-8H2,1-4H3. The first-order valence-corrected chi connectivity index (χ1v) is 10.6. The molecule has 0 aromatic carbocycles. The highest BCUT2D eigenvalue weighted by atomic mass is 16.9. The molecule has 0 fully saturated rings. The van der Waals surface area contributed by atoms with Crippen LogP contribution in [0.15, 0.2) is 4.99 Å². The van der Waals surface area contributed by atoms with Crippen LogP contribution in [0.25, 0.3) is 0 Å². The molecule has 0 bridgehead atoms. The van der Waals surface area contributed by atoms with Gasteiger partial charge in [0.05, 0.1) is 16.9 Å². The molecule has 7 nitrogen and oxygen atoms in total. The monoisotopic (exact) mass is 418 g/mol. The molecule has 1 heterocycles. The molecule has 0 aliphatic carbocycles. The number of hydrogen-bond donors (Lipinski definition) is 3. The molecular formula is C22H50N4O3. The van der Waals surface area contributed by atoms with Crippen LogP contribution in [-0.2, 0) is 14.2 Å². The summed E-state index contributed by atoms with van der Waals surface area (Å²) in [7, 11) is 0. The zero-order chi connectivity index (χ0) is 23.7. The van der Waals surface area contributed by atoms with Gasteiger partial charge in [0, 0.05) is 37.8 Å². The van der Waals surface area contributed by atoms with Crippen LogP contribution in [0.4, 0.5) is 0 Å². The van der Waals surface area contributed by atoms with Gasteiger partial charge in [-0.3, -0.25) is 4.99 Å².